The Balaban J connectivity index is 4.43. The number of carbonyl (C=O) groups excluding carboxylic acids is 2. The number of unbranched alkanes of at least 4 members (excludes halogenated alkanes) is 4. The van der Waals surface area contributed by atoms with Crippen molar-refractivity contribution in [2.24, 2.45) is 5.92 Å². The molecule has 0 aliphatic rings. The third-order valence-electron chi connectivity index (χ3n) is 3.57. The molecule has 0 spiro atoms. The molecule has 0 aliphatic heterocycles. The fourth-order valence-corrected chi connectivity index (χ4v) is 2.26. The van der Waals surface area contributed by atoms with E-state index in [9.17, 15) is 19.5 Å². The van der Waals surface area contributed by atoms with Gasteiger partial charge in [0.25, 0.3) is 0 Å². The molecular weight excluding hydrogens is 296 g/mol. The summed E-state index contributed by atoms with van der Waals surface area (Å²) in [6, 6.07) is -1.64. The summed E-state index contributed by atoms with van der Waals surface area (Å²) >= 11 is 0. The predicted molar refractivity (Wildman–Crippen MR) is 89.9 cm³/mol. The van der Waals surface area contributed by atoms with Gasteiger partial charge in [0.05, 0.1) is 0 Å². The molecule has 2 amide bonds. The number of nitrogens with one attached hydrogen (secondary N) is 2. The molecule has 132 valence electrons. The third-order valence-corrected chi connectivity index (χ3v) is 3.57. The number of rotatable bonds is 12. The van der Waals surface area contributed by atoms with Crippen LogP contribution in [0.5, 0.6) is 0 Å². The molecule has 0 aliphatic carbocycles. The highest BCUT2D eigenvalue weighted by molar-refractivity contribution is 5.90. The van der Waals surface area contributed by atoms with Gasteiger partial charge in [-0.1, -0.05) is 39.2 Å². The van der Waals surface area contributed by atoms with Crippen LogP contribution in [0.1, 0.15) is 59.3 Å². The van der Waals surface area contributed by atoms with Crippen LogP contribution in [0.4, 0.5) is 0 Å². The van der Waals surface area contributed by atoms with E-state index >= 15 is 0 Å². The molecule has 0 aromatic heterocycles. The van der Waals surface area contributed by atoms with Crippen molar-refractivity contribution in [2.75, 3.05) is 0 Å². The largest absolute Gasteiger partial charge is 0.480 e. The molecule has 0 aromatic carbocycles. The Morgan fingerprint density at radius 1 is 1.09 bits per heavy atom. The summed E-state index contributed by atoms with van der Waals surface area (Å²) in [5, 5.41) is 14.3. The molecule has 0 radical (unpaired) electrons. The molecule has 0 heterocycles. The zero-order valence-corrected chi connectivity index (χ0v) is 14.4. The van der Waals surface area contributed by atoms with Crippen molar-refractivity contribution < 1.29 is 19.5 Å². The smallest absolute Gasteiger partial charge is 0.326 e. The number of allylic oxidation sites excluding steroid dienone is 1. The van der Waals surface area contributed by atoms with Crippen LogP contribution >= 0.6 is 0 Å². The number of hydrogen-bond acceptors (Lipinski definition) is 3. The molecule has 6 heteroatoms. The maximum Gasteiger partial charge on any atom is 0.326 e. The van der Waals surface area contributed by atoms with Gasteiger partial charge in [-0.2, -0.15) is 0 Å². The van der Waals surface area contributed by atoms with Crippen LogP contribution in [0.15, 0.2) is 12.7 Å². The normalized spacial score (nSPS) is 13.2. The molecule has 0 saturated carbocycles. The second-order valence-corrected chi connectivity index (χ2v) is 6.10. The van der Waals surface area contributed by atoms with E-state index in [0.29, 0.717) is 6.42 Å². The van der Waals surface area contributed by atoms with E-state index in [4.69, 9.17) is 0 Å². The van der Waals surface area contributed by atoms with E-state index in [-0.39, 0.29) is 11.8 Å². The van der Waals surface area contributed by atoms with Crippen LogP contribution in [0.3, 0.4) is 0 Å². The van der Waals surface area contributed by atoms with Crippen molar-refractivity contribution in [1.29, 1.82) is 0 Å². The van der Waals surface area contributed by atoms with Crippen LogP contribution in [0.2, 0.25) is 0 Å². The minimum Gasteiger partial charge on any atom is -0.480 e. The highest BCUT2D eigenvalue weighted by Gasteiger charge is 2.27. The van der Waals surface area contributed by atoms with Crippen molar-refractivity contribution in [3.05, 3.63) is 12.7 Å². The van der Waals surface area contributed by atoms with Crippen molar-refractivity contribution in [3.63, 3.8) is 0 Å². The highest BCUT2D eigenvalue weighted by Crippen LogP contribution is 2.09. The van der Waals surface area contributed by atoms with Gasteiger partial charge in [0.15, 0.2) is 0 Å². The number of hydrogen-bond donors (Lipinski definition) is 3. The topological polar surface area (TPSA) is 95.5 Å². The van der Waals surface area contributed by atoms with Crippen LogP contribution in [-0.2, 0) is 14.4 Å². The summed E-state index contributed by atoms with van der Waals surface area (Å²) in [6.45, 7) is 8.59. The van der Waals surface area contributed by atoms with Gasteiger partial charge in [-0.15, -0.1) is 6.58 Å². The summed E-state index contributed by atoms with van der Waals surface area (Å²) < 4.78 is 0. The first-order valence-corrected chi connectivity index (χ1v) is 8.20. The van der Waals surface area contributed by atoms with Crippen LogP contribution in [0.25, 0.3) is 0 Å². The monoisotopic (exact) mass is 326 g/mol. The van der Waals surface area contributed by atoms with E-state index in [0.717, 1.165) is 32.1 Å². The Kier molecular flexibility index (Phi) is 10.7. The fraction of sp³-hybridized carbons (Fsp3) is 0.706. The molecule has 0 unspecified atom stereocenters. The Hall–Kier alpha value is -1.85. The zero-order chi connectivity index (χ0) is 17.8. The molecule has 3 N–H and O–H groups in total. The molecule has 0 rings (SSSR count). The van der Waals surface area contributed by atoms with Crippen LogP contribution < -0.4 is 10.6 Å². The van der Waals surface area contributed by atoms with Gasteiger partial charge in [-0.05, 0) is 25.2 Å². The number of carboxylic acid groups (broad SMARTS) is 1. The first-order valence-electron chi connectivity index (χ1n) is 8.20. The summed E-state index contributed by atoms with van der Waals surface area (Å²) in [5.74, 6) is -1.93. The highest BCUT2D eigenvalue weighted by atomic mass is 16.4. The molecule has 6 nitrogen and oxygen atoms in total. The molecule has 0 aromatic rings. The maximum absolute atomic E-state index is 12.2. The van der Waals surface area contributed by atoms with E-state index in [2.05, 4.69) is 17.2 Å². The number of amides is 2. The minimum atomic E-state index is -1.05. The average molecular weight is 326 g/mol. The average Bonchev–Trinajstić information content (AvgIpc) is 2.46. The van der Waals surface area contributed by atoms with Gasteiger partial charge < -0.3 is 15.7 Å². The molecule has 0 bridgehead atoms. The van der Waals surface area contributed by atoms with Gasteiger partial charge in [-0.3, -0.25) is 9.59 Å². The van der Waals surface area contributed by atoms with Crippen LogP contribution in [0, 0.1) is 5.92 Å². The quantitative estimate of drug-likeness (QED) is 0.378. The zero-order valence-electron chi connectivity index (χ0n) is 14.4. The number of aliphatic carboxylic acids is 1. The van der Waals surface area contributed by atoms with Crippen molar-refractivity contribution >= 4 is 17.8 Å². The molecule has 23 heavy (non-hydrogen) atoms. The van der Waals surface area contributed by atoms with Crippen LogP contribution in [-0.4, -0.2) is 35.0 Å². The Labute approximate surface area is 138 Å². The van der Waals surface area contributed by atoms with E-state index < -0.39 is 24.0 Å². The van der Waals surface area contributed by atoms with Crippen molar-refractivity contribution in [2.45, 2.75) is 71.4 Å². The van der Waals surface area contributed by atoms with Gasteiger partial charge in [-0.25, -0.2) is 4.79 Å². The lowest BCUT2D eigenvalue weighted by atomic mass is 10.0. The van der Waals surface area contributed by atoms with Gasteiger partial charge in [0, 0.05) is 6.92 Å². The summed E-state index contributed by atoms with van der Waals surface area (Å²) in [4.78, 5) is 34.7. The second-order valence-electron chi connectivity index (χ2n) is 6.10. The molecule has 2 atom stereocenters. The number of carboxylic acids is 1. The summed E-state index contributed by atoms with van der Waals surface area (Å²) in [5.41, 5.74) is 0. The maximum atomic E-state index is 12.2. The Bertz CT molecular complexity index is 407. The first-order chi connectivity index (χ1) is 10.8. The van der Waals surface area contributed by atoms with E-state index in [1.54, 1.807) is 13.8 Å². The SMILES string of the molecule is C=CCCCCCC[C@H](NC(=O)[C@H](NC(C)=O)C(C)C)C(=O)O. The van der Waals surface area contributed by atoms with Gasteiger partial charge >= 0.3 is 5.97 Å². The van der Waals surface area contributed by atoms with Gasteiger partial charge in [0.2, 0.25) is 11.8 Å². The first kappa shape index (κ1) is 21.1. The second kappa shape index (κ2) is 11.7. The summed E-state index contributed by atoms with van der Waals surface area (Å²) in [6.07, 6.45) is 6.95. The molecule has 0 saturated heterocycles. The standard InChI is InChI=1S/C17H30N2O4/c1-5-6-7-8-9-10-11-14(17(22)23)19-16(21)15(12(2)3)18-13(4)20/h5,12,14-15H,1,6-11H2,2-4H3,(H,18,20)(H,19,21)(H,22,23)/t14-,15+/m0/s1. The molecular formula is C17H30N2O4. The number of carbonyl (C=O) groups is 3. The minimum absolute atomic E-state index is 0.118. The lowest BCUT2D eigenvalue weighted by molar-refractivity contribution is -0.142. The van der Waals surface area contributed by atoms with Gasteiger partial charge in [0.1, 0.15) is 12.1 Å². The van der Waals surface area contributed by atoms with Crippen molar-refractivity contribution in [3.8, 4) is 0 Å². The lowest BCUT2D eigenvalue weighted by Crippen LogP contribution is -2.53. The summed E-state index contributed by atoms with van der Waals surface area (Å²) in [7, 11) is 0. The van der Waals surface area contributed by atoms with E-state index in [1.165, 1.54) is 6.92 Å². The Morgan fingerprint density at radius 3 is 2.17 bits per heavy atom. The lowest BCUT2D eigenvalue weighted by Gasteiger charge is -2.23. The predicted octanol–water partition coefficient (Wildman–Crippen LogP) is 2.24. The van der Waals surface area contributed by atoms with Crippen molar-refractivity contribution in [1.82, 2.24) is 10.6 Å². The Morgan fingerprint density at radius 2 is 1.70 bits per heavy atom. The third kappa shape index (κ3) is 9.71. The molecule has 0 fully saturated rings. The fourth-order valence-electron chi connectivity index (χ4n) is 2.26. The van der Waals surface area contributed by atoms with E-state index in [1.807, 2.05) is 6.08 Å².